The largest absolute Gasteiger partial charge is 0.465 e. The minimum Gasteiger partial charge on any atom is -0.465 e. The van der Waals surface area contributed by atoms with Gasteiger partial charge < -0.3 is 19.2 Å². The third-order valence-corrected chi connectivity index (χ3v) is 4.34. The van der Waals surface area contributed by atoms with Crippen LogP contribution in [0.1, 0.15) is 22.3 Å². The quantitative estimate of drug-likeness (QED) is 0.559. The molecule has 0 saturated heterocycles. The second-order valence-corrected chi connectivity index (χ2v) is 6.36. The molecule has 1 aromatic heterocycles. The zero-order chi connectivity index (χ0) is 21.5. The molecule has 0 bridgehead atoms. The van der Waals surface area contributed by atoms with Crippen molar-refractivity contribution in [1.29, 1.82) is 0 Å². The minimum atomic E-state index is -0.607. The van der Waals surface area contributed by atoms with Crippen LogP contribution in [0.3, 0.4) is 0 Å². The number of rotatable bonds is 8. The normalized spacial score (nSPS) is 10.6. The SMILES string of the molecule is COC(=O)c1ccc(CNC(=O)COC(=O)CCn2c(=O)oc3ccccc32)cc1. The summed E-state index contributed by atoms with van der Waals surface area (Å²) in [5, 5.41) is 2.62. The van der Waals surface area contributed by atoms with Gasteiger partial charge in [-0.2, -0.15) is 0 Å². The first-order valence-electron chi connectivity index (χ1n) is 9.16. The molecular formula is C21H20N2O7. The van der Waals surface area contributed by atoms with Crippen LogP contribution < -0.4 is 11.1 Å². The van der Waals surface area contributed by atoms with Crippen molar-refractivity contribution in [3.05, 3.63) is 70.2 Å². The van der Waals surface area contributed by atoms with Crippen molar-refractivity contribution < 1.29 is 28.3 Å². The van der Waals surface area contributed by atoms with Crippen LogP contribution in [-0.4, -0.2) is 36.1 Å². The summed E-state index contributed by atoms with van der Waals surface area (Å²) in [4.78, 5) is 47.0. The molecule has 156 valence electrons. The summed E-state index contributed by atoms with van der Waals surface area (Å²) in [6.07, 6.45) is -0.0777. The Hall–Kier alpha value is -3.88. The van der Waals surface area contributed by atoms with E-state index in [2.05, 4.69) is 10.1 Å². The summed E-state index contributed by atoms with van der Waals surface area (Å²) < 4.78 is 16.0. The second kappa shape index (κ2) is 9.55. The lowest BCUT2D eigenvalue weighted by atomic mass is 10.1. The molecule has 0 radical (unpaired) electrons. The summed E-state index contributed by atoms with van der Waals surface area (Å²) >= 11 is 0. The van der Waals surface area contributed by atoms with E-state index in [1.165, 1.54) is 11.7 Å². The standard InChI is InChI=1S/C21H20N2O7/c1-28-20(26)15-8-6-14(7-9-15)12-22-18(24)13-29-19(25)10-11-23-16-4-2-3-5-17(16)30-21(23)27/h2-9H,10-13H2,1H3,(H,22,24). The molecule has 1 heterocycles. The fourth-order valence-electron chi connectivity index (χ4n) is 2.78. The highest BCUT2D eigenvalue weighted by Gasteiger charge is 2.12. The number of hydrogen-bond donors (Lipinski definition) is 1. The van der Waals surface area contributed by atoms with Gasteiger partial charge in [0.1, 0.15) is 0 Å². The second-order valence-electron chi connectivity index (χ2n) is 6.36. The fraction of sp³-hybridized carbons (Fsp3) is 0.238. The van der Waals surface area contributed by atoms with E-state index in [4.69, 9.17) is 9.15 Å². The van der Waals surface area contributed by atoms with Crippen LogP contribution in [0.25, 0.3) is 11.1 Å². The average Bonchev–Trinajstić information content (AvgIpc) is 3.09. The van der Waals surface area contributed by atoms with Crippen LogP contribution in [0, 0.1) is 0 Å². The number of esters is 2. The molecule has 3 rings (SSSR count). The zero-order valence-corrected chi connectivity index (χ0v) is 16.3. The van der Waals surface area contributed by atoms with Crippen LogP contribution in [0.2, 0.25) is 0 Å². The van der Waals surface area contributed by atoms with Gasteiger partial charge in [-0.1, -0.05) is 24.3 Å². The Balaban J connectivity index is 1.42. The minimum absolute atomic E-state index is 0.0777. The maximum Gasteiger partial charge on any atom is 0.419 e. The summed E-state index contributed by atoms with van der Waals surface area (Å²) in [6, 6.07) is 13.5. The molecule has 0 unspecified atom stereocenters. The molecule has 1 amide bonds. The number of nitrogens with one attached hydrogen (secondary N) is 1. The Bertz CT molecular complexity index is 1110. The number of carbonyl (C=O) groups excluding carboxylic acids is 3. The van der Waals surface area contributed by atoms with Gasteiger partial charge in [0.05, 0.1) is 24.6 Å². The Kier molecular flexibility index (Phi) is 6.63. The summed E-state index contributed by atoms with van der Waals surface area (Å²) in [7, 11) is 1.30. The van der Waals surface area contributed by atoms with Crippen LogP contribution in [0.5, 0.6) is 0 Å². The highest BCUT2D eigenvalue weighted by atomic mass is 16.5. The molecular weight excluding hydrogens is 392 g/mol. The Morgan fingerprint density at radius 3 is 2.53 bits per heavy atom. The van der Waals surface area contributed by atoms with Gasteiger partial charge >= 0.3 is 17.7 Å². The van der Waals surface area contributed by atoms with Gasteiger partial charge in [-0.15, -0.1) is 0 Å². The lowest BCUT2D eigenvalue weighted by Crippen LogP contribution is -2.28. The molecule has 0 aliphatic heterocycles. The zero-order valence-electron chi connectivity index (χ0n) is 16.3. The van der Waals surface area contributed by atoms with Gasteiger partial charge in [-0.25, -0.2) is 9.59 Å². The van der Waals surface area contributed by atoms with Crippen molar-refractivity contribution in [1.82, 2.24) is 9.88 Å². The number of benzene rings is 2. The third-order valence-electron chi connectivity index (χ3n) is 4.34. The highest BCUT2D eigenvalue weighted by molar-refractivity contribution is 5.89. The molecule has 0 spiro atoms. The number of para-hydroxylation sites is 2. The smallest absolute Gasteiger partial charge is 0.419 e. The molecule has 1 N–H and O–H groups in total. The third kappa shape index (κ3) is 5.13. The molecule has 0 atom stereocenters. The molecule has 2 aromatic carbocycles. The van der Waals surface area contributed by atoms with Gasteiger partial charge in [0, 0.05) is 13.1 Å². The van der Waals surface area contributed by atoms with Crippen LogP contribution >= 0.6 is 0 Å². The van der Waals surface area contributed by atoms with E-state index in [1.807, 2.05) is 0 Å². The average molecular weight is 412 g/mol. The van der Waals surface area contributed by atoms with Crippen molar-refractivity contribution in [3.8, 4) is 0 Å². The molecule has 0 aliphatic carbocycles. The monoisotopic (exact) mass is 412 g/mol. The molecule has 9 heteroatoms. The first-order chi connectivity index (χ1) is 14.5. The number of methoxy groups -OCH3 is 1. The maximum absolute atomic E-state index is 11.9. The molecule has 3 aromatic rings. The van der Waals surface area contributed by atoms with E-state index < -0.39 is 30.2 Å². The Labute approximate surface area is 171 Å². The van der Waals surface area contributed by atoms with Crippen molar-refractivity contribution in [2.24, 2.45) is 0 Å². The predicted molar refractivity (Wildman–Crippen MR) is 106 cm³/mol. The number of hydrogen-bond acceptors (Lipinski definition) is 7. The van der Waals surface area contributed by atoms with Crippen molar-refractivity contribution in [2.45, 2.75) is 19.5 Å². The summed E-state index contributed by atoms with van der Waals surface area (Å²) in [5.74, 6) is -2.07. The number of amides is 1. The predicted octanol–water partition coefficient (Wildman–Crippen LogP) is 1.63. The lowest BCUT2D eigenvalue weighted by molar-refractivity contribution is -0.148. The fourth-order valence-corrected chi connectivity index (χ4v) is 2.78. The molecule has 0 fully saturated rings. The topological polar surface area (TPSA) is 117 Å². The van der Waals surface area contributed by atoms with Crippen LogP contribution in [0.15, 0.2) is 57.7 Å². The molecule has 9 nitrogen and oxygen atoms in total. The van der Waals surface area contributed by atoms with Crippen molar-refractivity contribution in [2.75, 3.05) is 13.7 Å². The van der Waals surface area contributed by atoms with Gasteiger partial charge in [-0.05, 0) is 29.8 Å². The maximum atomic E-state index is 11.9. The molecule has 0 saturated carbocycles. The van der Waals surface area contributed by atoms with Gasteiger partial charge in [0.25, 0.3) is 5.91 Å². The van der Waals surface area contributed by atoms with Crippen molar-refractivity contribution in [3.63, 3.8) is 0 Å². The summed E-state index contributed by atoms with van der Waals surface area (Å²) in [5.41, 5.74) is 2.21. The number of fused-ring (bicyclic) bond motifs is 1. The van der Waals surface area contributed by atoms with E-state index in [1.54, 1.807) is 48.5 Å². The Morgan fingerprint density at radius 1 is 1.07 bits per heavy atom. The first-order valence-corrected chi connectivity index (χ1v) is 9.16. The van der Waals surface area contributed by atoms with Gasteiger partial charge in [0.2, 0.25) is 0 Å². The number of aromatic nitrogens is 1. The van der Waals surface area contributed by atoms with E-state index in [0.29, 0.717) is 16.7 Å². The number of nitrogens with zero attached hydrogens (tertiary/aromatic N) is 1. The number of oxazole rings is 1. The number of aryl methyl sites for hydroxylation is 1. The van der Waals surface area contributed by atoms with Gasteiger partial charge in [-0.3, -0.25) is 14.2 Å². The molecule has 0 aliphatic rings. The highest BCUT2D eigenvalue weighted by Crippen LogP contribution is 2.12. The summed E-state index contributed by atoms with van der Waals surface area (Å²) in [6.45, 7) is -0.128. The van der Waals surface area contributed by atoms with E-state index >= 15 is 0 Å². The van der Waals surface area contributed by atoms with E-state index in [0.717, 1.165) is 5.56 Å². The number of carbonyl (C=O) groups is 3. The van der Waals surface area contributed by atoms with Gasteiger partial charge in [0.15, 0.2) is 12.2 Å². The van der Waals surface area contributed by atoms with E-state index in [-0.39, 0.29) is 19.5 Å². The first kappa shape index (κ1) is 20.8. The van der Waals surface area contributed by atoms with Crippen LogP contribution in [-0.2, 0) is 32.2 Å². The molecule has 30 heavy (non-hydrogen) atoms. The number of ether oxygens (including phenoxy) is 2. The van der Waals surface area contributed by atoms with Crippen molar-refractivity contribution >= 4 is 28.9 Å². The van der Waals surface area contributed by atoms with E-state index in [9.17, 15) is 19.2 Å². The van der Waals surface area contributed by atoms with Crippen LogP contribution in [0.4, 0.5) is 0 Å². The lowest BCUT2D eigenvalue weighted by Gasteiger charge is -2.07. The Morgan fingerprint density at radius 2 is 1.80 bits per heavy atom.